The van der Waals surface area contributed by atoms with Gasteiger partial charge in [-0.1, -0.05) is 78.9 Å². The number of piperidine rings is 2. The van der Waals surface area contributed by atoms with Gasteiger partial charge in [-0.2, -0.15) is 0 Å². The van der Waals surface area contributed by atoms with Gasteiger partial charge < -0.3 is 34.4 Å². The zero-order valence-corrected chi connectivity index (χ0v) is 30.8. The second kappa shape index (κ2) is 17.4. The number of ether oxygens (including phenoxy) is 2. The molecule has 5 aliphatic rings. The van der Waals surface area contributed by atoms with Crippen molar-refractivity contribution in [2.24, 2.45) is 5.92 Å². The molecule has 4 saturated heterocycles. The highest BCUT2D eigenvalue weighted by atomic mass is 16.5. The Labute approximate surface area is 310 Å². The zero-order chi connectivity index (χ0) is 35.6. The normalized spacial score (nSPS) is 21.7. The molecule has 9 nitrogen and oxygen atoms in total. The molecule has 0 radical (unpaired) electrons. The van der Waals surface area contributed by atoms with Crippen LogP contribution in [-0.2, 0) is 27.1 Å². The number of nitrogens with zero attached hydrogens (tertiary/aromatic N) is 4. The fourth-order valence-corrected chi connectivity index (χ4v) is 8.20. The largest absolute Gasteiger partial charge is 0.371 e. The van der Waals surface area contributed by atoms with Gasteiger partial charge in [-0.25, -0.2) is 4.79 Å². The fourth-order valence-electron chi connectivity index (χ4n) is 8.20. The van der Waals surface area contributed by atoms with Crippen LogP contribution in [-0.4, -0.2) is 121 Å². The van der Waals surface area contributed by atoms with E-state index in [4.69, 9.17) is 9.47 Å². The van der Waals surface area contributed by atoms with Crippen molar-refractivity contribution < 1.29 is 19.1 Å². The number of benzene rings is 3. The first-order valence-electron chi connectivity index (χ1n) is 19.7. The number of morpholine rings is 2. The molecule has 0 bridgehead atoms. The van der Waals surface area contributed by atoms with E-state index in [9.17, 15) is 9.59 Å². The van der Waals surface area contributed by atoms with Gasteiger partial charge in [0.2, 0.25) is 5.91 Å². The average molecular weight is 708 g/mol. The summed E-state index contributed by atoms with van der Waals surface area (Å²) in [5, 5.41) is 3.00. The molecule has 4 aliphatic heterocycles. The van der Waals surface area contributed by atoms with Crippen molar-refractivity contribution in [2.45, 2.75) is 62.6 Å². The Kier molecular flexibility index (Phi) is 12.2. The van der Waals surface area contributed by atoms with Crippen molar-refractivity contribution in [3.05, 3.63) is 102 Å². The van der Waals surface area contributed by atoms with E-state index in [0.717, 1.165) is 109 Å². The third kappa shape index (κ3) is 10.0. The molecule has 3 aromatic carbocycles. The number of carbonyl (C=O) groups excluding carboxylic acids is 2. The van der Waals surface area contributed by atoms with Gasteiger partial charge in [-0.3, -0.25) is 4.79 Å². The van der Waals surface area contributed by atoms with Crippen LogP contribution in [0.3, 0.4) is 0 Å². The number of hydrogen-bond acceptors (Lipinski definition) is 6. The SMILES string of the molecule is O=C(C1CC1)N1CCOC2(CCN(CCc3ccccc3)CC2)C1.O=C(Nc1ccccc1)N1CCOC2(CCN(CCc3ccccc3)CC2)C1. The lowest BCUT2D eigenvalue weighted by molar-refractivity contribution is -0.160. The van der Waals surface area contributed by atoms with Gasteiger partial charge in [0.25, 0.3) is 0 Å². The summed E-state index contributed by atoms with van der Waals surface area (Å²) in [5.74, 6) is 0.704. The van der Waals surface area contributed by atoms with Crippen molar-refractivity contribution >= 4 is 17.6 Å². The molecule has 0 unspecified atom stereocenters. The summed E-state index contributed by atoms with van der Waals surface area (Å²) in [6.45, 7) is 10.7. The Bertz CT molecular complexity index is 1550. The second-order valence-corrected chi connectivity index (χ2v) is 15.5. The van der Waals surface area contributed by atoms with Crippen LogP contribution >= 0.6 is 0 Å². The lowest BCUT2D eigenvalue weighted by Gasteiger charge is -2.47. The molecule has 1 saturated carbocycles. The first-order valence-corrected chi connectivity index (χ1v) is 19.7. The molecule has 2 spiro atoms. The van der Waals surface area contributed by atoms with Crippen LogP contribution in [0.1, 0.15) is 49.7 Å². The number of para-hydroxylation sites is 1. The number of likely N-dealkylation sites (tertiary alicyclic amines) is 2. The number of anilines is 1. The van der Waals surface area contributed by atoms with Gasteiger partial charge in [0.1, 0.15) is 0 Å². The minimum atomic E-state index is -0.185. The average Bonchev–Trinajstić information content (AvgIpc) is 4.05. The molecule has 1 aliphatic carbocycles. The Hall–Kier alpha value is -3.76. The summed E-state index contributed by atoms with van der Waals surface area (Å²) in [6.07, 6.45) is 8.45. The first kappa shape index (κ1) is 36.6. The lowest BCUT2D eigenvalue weighted by atomic mass is 9.89. The highest BCUT2D eigenvalue weighted by molar-refractivity contribution is 5.89. The molecule has 0 atom stereocenters. The van der Waals surface area contributed by atoms with E-state index in [0.29, 0.717) is 38.1 Å². The van der Waals surface area contributed by atoms with Gasteiger partial charge in [0, 0.05) is 70.5 Å². The Morgan fingerprint density at radius 2 is 1.04 bits per heavy atom. The summed E-state index contributed by atoms with van der Waals surface area (Å²) < 4.78 is 12.4. The zero-order valence-electron chi connectivity index (χ0n) is 30.8. The van der Waals surface area contributed by atoms with Gasteiger partial charge in [-0.15, -0.1) is 0 Å². The number of hydrogen-bond donors (Lipinski definition) is 1. The summed E-state index contributed by atoms with van der Waals surface area (Å²) in [6, 6.07) is 31.0. The monoisotopic (exact) mass is 707 g/mol. The van der Waals surface area contributed by atoms with Gasteiger partial charge >= 0.3 is 6.03 Å². The topological polar surface area (TPSA) is 77.6 Å². The van der Waals surface area contributed by atoms with Crippen LogP contribution in [0.2, 0.25) is 0 Å². The summed E-state index contributed by atoms with van der Waals surface area (Å²) in [7, 11) is 0. The van der Waals surface area contributed by atoms with Gasteiger partial charge in [0.05, 0.1) is 31.0 Å². The lowest BCUT2D eigenvalue weighted by Crippen LogP contribution is -2.58. The number of rotatable bonds is 8. The summed E-state index contributed by atoms with van der Waals surface area (Å²) in [5.41, 5.74) is 3.37. The van der Waals surface area contributed by atoms with Crippen LogP contribution in [0.25, 0.3) is 0 Å². The van der Waals surface area contributed by atoms with Crippen LogP contribution in [0.5, 0.6) is 0 Å². The van der Waals surface area contributed by atoms with E-state index in [1.165, 1.54) is 11.1 Å². The highest BCUT2D eigenvalue weighted by Gasteiger charge is 2.44. The quantitative estimate of drug-likeness (QED) is 0.312. The third-order valence-electron chi connectivity index (χ3n) is 11.7. The molecule has 9 heteroatoms. The van der Waals surface area contributed by atoms with E-state index in [1.807, 2.05) is 35.2 Å². The van der Waals surface area contributed by atoms with E-state index in [-0.39, 0.29) is 17.2 Å². The number of amides is 3. The standard InChI is InChI=1S/C23H29N3O2.C20H28N2O2/c27-22(24-21-9-5-2-6-10-21)26-17-18-28-23(19-26)12-15-25(16-13-23)14-11-20-7-3-1-4-8-20;23-19(18-6-7-18)22-14-15-24-20(16-22)9-12-21(13-10-20)11-8-17-4-2-1-3-5-17/h1-10H,11-19H2,(H,24,27);1-5,18H,6-16H2. The van der Waals surface area contributed by atoms with E-state index >= 15 is 0 Å². The molecule has 3 amide bonds. The number of nitrogens with one attached hydrogen (secondary N) is 1. The molecule has 278 valence electrons. The first-order chi connectivity index (χ1) is 25.5. The number of urea groups is 1. The van der Waals surface area contributed by atoms with Gasteiger partial charge in [-0.05, 0) is 74.6 Å². The molecular formula is C43H57N5O4. The summed E-state index contributed by atoms with van der Waals surface area (Å²) in [4.78, 5) is 34.1. The molecule has 1 N–H and O–H groups in total. The minimum absolute atomic E-state index is 0.0274. The molecule has 4 heterocycles. The second-order valence-electron chi connectivity index (χ2n) is 15.5. The van der Waals surface area contributed by atoms with E-state index in [2.05, 4.69) is 80.7 Å². The molecule has 8 rings (SSSR count). The summed E-state index contributed by atoms with van der Waals surface area (Å²) >= 11 is 0. The third-order valence-corrected chi connectivity index (χ3v) is 11.7. The Morgan fingerprint density at radius 3 is 1.52 bits per heavy atom. The highest BCUT2D eigenvalue weighted by Crippen LogP contribution is 2.35. The van der Waals surface area contributed by atoms with Crippen molar-refractivity contribution in [3.63, 3.8) is 0 Å². The molecule has 3 aromatic rings. The van der Waals surface area contributed by atoms with Crippen molar-refractivity contribution in [2.75, 3.05) is 84.0 Å². The maximum atomic E-state index is 12.7. The molecule has 5 fully saturated rings. The molecular weight excluding hydrogens is 651 g/mol. The fraction of sp³-hybridized carbons (Fsp3) is 0.535. The Morgan fingerprint density at radius 1 is 0.596 bits per heavy atom. The van der Waals surface area contributed by atoms with E-state index in [1.54, 1.807) is 0 Å². The smallest absolute Gasteiger partial charge is 0.322 e. The molecule has 52 heavy (non-hydrogen) atoms. The molecule has 0 aromatic heterocycles. The van der Waals surface area contributed by atoms with Crippen LogP contribution in [0, 0.1) is 5.92 Å². The van der Waals surface area contributed by atoms with Crippen LogP contribution in [0.4, 0.5) is 10.5 Å². The maximum absolute atomic E-state index is 12.7. The maximum Gasteiger partial charge on any atom is 0.322 e. The van der Waals surface area contributed by atoms with E-state index < -0.39 is 0 Å². The minimum Gasteiger partial charge on any atom is -0.371 e. The van der Waals surface area contributed by atoms with Crippen LogP contribution in [0.15, 0.2) is 91.0 Å². The van der Waals surface area contributed by atoms with Crippen LogP contribution < -0.4 is 5.32 Å². The Balaban J connectivity index is 0.000000164. The number of carbonyl (C=O) groups is 2. The van der Waals surface area contributed by atoms with Crippen molar-refractivity contribution in [3.8, 4) is 0 Å². The van der Waals surface area contributed by atoms with Crippen molar-refractivity contribution in [1.82, 2.24) is 19.6 Å². The predicted octanol–water partition coefficient (Wildman–Crippen LogP) is 5.96. The van der Waals surface area contributed by atoms with Gasteiger partial charge in [0.15, 0.2) is 0 Å². The predicted molar refractivity (Wildman–Crippen MR) is 205 cm³/mol. The van der Waals surface area contributed by atoms with Crippen molar-refractivity contribution in [1.29, 1.82) is 0 Å².